The van der Waals surface area contributed by atoms with Crippen molar-refractivity contribution in [3.05, 3.63) is 89.5 Å². The van der Waals surface area contributed by atoms with Crippen LogP contribution in [0.5, 0.6) is 0 Å². The molecule has 0 aliphatic rings. The van der Waals surface area contributed by atoms with Crippen LogP contribution in [0.4, 0.5) is 4.79 Å². The van der Waals surface area contributed by atoms with Crippen LogP contribution < -0.4 is 0 Å². The number of nitrogens with zero attached hydrogens (tertiary/aromatic N) is 1. The molecule has 0 bridgehead atoms. The van der Waals surface area contributed by atoms with Gasteiger partial charge in [0.25, 0.3) is 0 Å². The lowest BCUT2D eigenvalue weighted by Crippen LogP contribution is -2.40. The van der Waals surface area contributed by atoms with Crippen LogP contribution in [-0.2, 0) is 15.9 Å². The van der Waals surface area contributed by atoms with Gasteiger partial charge >= 0.3 is 12.1 Å². The van der Waals surface area contributed by atoms with Gasteiger partial charge in [0.15, 0.2) is 0 Å². The number of aliphatic hydroxyl groups is 1. The van der Waals surface area contributed by atoms with Crippen LogP contribution in [0, 0.1) is 0 Å². The maximum absolute atomic E-state index is 12.9. The first kappa shape index (κ1) is 30.3. The summed E-state index contributed by atoms with van der Waals surface area (Å²) in [4.78, 5) is 27.6. The van der Waals surface area contributed by atoms with E-state index in [1.54, 1.807) is 16.7 Å². The Hall–Kier alpha value is -3.29. The van der Waals surface area contributed by atoms with Gasteiger partial charge < -0.3 is 19.5 Å². The molecule has 0 saturated carbocycles. The van der Waals surface area contributed by atoms with Gasteiger partial charge in [0.2, 0.25) is 0 Å². The number of thioether (sulfide) groups is 1. The van der Waals surface area contributed by atoms with Gasteiger partial charge in [-0.3, -0.25) is 0 Å². The molecule has 0 unspecified atom stereocenters. The Kier molecular flexibility index (Phi) is 10.6. The number of benzene rings is 3. The summed E-state index contributed by atoms with van der Waals surface area (Å²) >= 11 is 1.63. The summed E-state index contributed by atoms with van der Waals surface area (Å²) in [5, 5.41) is 11.1. The Morgan fingerprint density at radius 2 is 1.59 bits per heavy atom. The normalized spacial score (nSPS) is 12.2. The zero-order chi connectivity index (χ0) is 28.6. The van der Waals surface area contributed by atoms with Gasteiger partial charge in [0.05, 0.1) is 25.3 Å². The Morgan fingerprint density at radius 1 is 0.949 bits per heavy atom. The molecule has 39 heavy (non-hydrogen) atoms. The number of hydrogen-bond acceptors (Lipinski definition) is 6. The van der Waals surface area contributed by atoms with Gasteiger partial charge in [0.1, 0.15) is 5.60 Å². The summed E-state index contributed by atoms with van der Waals surface area (Å²) in [6, 6.07) is 23.3. The van der Waals surface area contributed by atoms with Crippen molar-refractivity contribution in [1.29, 1.82) is 0 Å². The second-order valence-corrected chi connectivity index (χ2v) is 12.3. The molecule has 3 aromatic carbocycles. The third-order valence-corrected chi connectivity index (χ3v) is 7.00. The van der Waals surface area contributed by atoms with E-state index in [-0.39, 0.29) is 12.5 Å². The predicted molar refractivity (Wildman–Crippen MR) is 157 cm³/mol. The van der Waals surface area contributed by atoms with Crippen LogP contribution in [0.1, 0.15) is 62.2 Å². The molecule has 1 atom stereocenters. The van der Waals surface area contributed by atoms with Gasteiger partial charge in [-0.2, -0.15) is 0 Å². The first-order valence-corrected chi connectivity index (χ1v) is 14.0. The third kappa shape index (κ3) is 9.15. The fourth-order valence-electron chi connectivity index (χ4n) is 4.03. The Bertz CT molecular complexity index is 1240. The summed E-state index contributed by atoms with van der Waals surface area (Å²) in [7, 11) is 1.39. The number of carbonyl (C=O) groups is 2. The lowest BCUT2D eigenvalue weighted by molar-refractivity contribution is 0.0147. The third-order valence-electron chi connectivity index (χ3n) is 5.94. The van der Waals surface area contributed by atoms with Crippen LogP contribution in [0.25, 0.3) is 11.1 Å². The molecule has 3 aromatic rings. The molecule has 0 spiro atoms. The minimum Gasteiger partial charge on any atom is -0.465 e. The molecule has 0 aliphatic heterocycles. The first-order valence-electron chi connectivity index (χ1n) is 13.2. The smallest absolute Gasteiger partial charge is 0.410 e. The molecule has 0 heterocycles. The Labute approximate surface area is 236 Å². The number of amides is 1. The summed E-state index contributed by atoms with van der Waals surface area (Å²) in [5.41, 5.74) is 3.79. The number of methoxy groups -OCH3 is 1. The largest absolute Gasteiger partial charge is 0.465 e. The lowest BCUT2D eigenvalue weighted by atomic mass is 10.0. The Balaban J connectivity index is 1.75. The highest BCUT2D eigenvalue weighted by molar-refractivity contribution is 8.00. The number of aliphatic hydroxyl groups excluding tert-OH is 1. The van der Waals surface area contributed by atoms with E-state index in [2.05, 4.69) is 13.8 Å². The molecular weight excluding hydrogens is 510 g/mol. The maximum atomic E-state index is 12.9. The van der Waals surface area contributed by atoms with Gasteiger partial charge in [-0.05, 0) is 61.6 Å². The molecule has 0 radical (unpaired) electrons. The molecule has 7 heteroatoms. The molecule has 0 fully saturated rings. The van der Waals surface area contributed by atoms with Crippen molar-refractivity contribution in [3.63, 3.8) is 0 Å². The van der Waals surface area contributed by atoms with E-state index in [1.807, 2.05) is 93.6 Å². The highest BCUT2D eigenvalue weighted by Gasteiger charge is 2.24. The van der Waals surface area contributed by atoms with Crippen LogP contribution in [0.2, 0.25) is 0 Å². The van der Waals surface area contributed by atoms with E-state index in [4.69, 9.17) is 9.47 Å². The van der Waals surface area contributed by atoms with Crippen molar-refractivity contribution < 1.29 is 24.2 Å². The van der Waals surface area contributed by atoms with Gasteiger partial charge in [-0.1, -0.05) is 74.5 Å². The summed E-state index contributed by atoms with van der Waals surface area (Å²) in [6.45, 7) is 10.2. The second-order valence-electron chi connectivity index (χ2n) is 10.7. The summed E-state index contributed by atoms with van der Waals surface area (Å²) < 4.78 is 10.6. The van der Waals surface area contributed by atoms with E-state index in [1.165, 1.54) is 7.11 Å². The fraction of sp³-hybridized carbons (Fsp3) is 0.375. The lowest BCUT2D eigenvalue weighted by Gasteiger charge is -2.29. The SMILES string of the molecule is COC(=O)c1ccc(-c2ccc(CCN(C[C@H](O)c3ccccc3)C(=O)OC(C)(C)C)cc2)cc1SC(C)C. The number of ether oxygens (including phenoxy) is 2. The topological polar surface area (TPSA) is 76.1 Å². The Morgan fingerprint density at radius 3 is 2.18 bits per heavy atom. The molecule has 0 saturated heterocycles. The van der Waals surface area contributed by atoms with Crippen molar-refractivity contribution in [3.8, 4) is 11.1 Å². The second kappa shape index (κ2) is 13.7. The van der Waals surface area contributed by atoms with Crippen LogP contribution >= 0.6 is 11.8 Å². The highest BCUT2D eigenvalue weighted by atomic mass is 32.2. The van der Waals surface area contributed by atoms with Crippen LogP contribution in [-0.4, -0.2) is 53.1 Å². The highest BCUT2D eigenvalue weighted by Crippen LogP contribution is 2.32. The molecule has 1 N–H and O–H groups in total. The summed E-state index contributed by atoms with van der Waals surface area (Å²) in [6.07, 6.45) is -0.654. The fourth-order valence-corrected chi connectivity index (χ4v) is 5.01. The minimum atomic E-state index is -0.813. The predicted octanol–water partition coefficient (Wildman–Crippen LogP) is 7.15. The van der Waals surface area contributed by atoms with Crippen LogP contribution in [0.15, 0.2) is 77.7 Å². The van der Waals surface area contributed by atoms with Crippen LogP contribution in [0.3, 0.4) is 0 Å². The van der Waals surface area contributed by atoms with Gasteiger partial charge in [-0.15, -0.1) is 11.8 Å². The van der Waals surface area contributed by atoms with Crippen molar-refractivity contribution in [2.75, 3.05) is 20.2 Å². The molecule has 208 valence electrons. The molecule has 6 nitrogen and oxygen atoms in total. The average molecular weight is 550 g/mol. The molecule has 0 aliphatic carbocycles. The van der Waals surface area contributed by atoms with Crippen molar-refractivity contribution in [1.82, 2.24) is 4.90 Å². The molecule has 0 aromatic heterocycles. The van der Waals surface area contributed by atoms with Crippen molar-refractivity contribution in [2.45, 2.75) is 62.9 Å². The van der Waals surface area contributed by atoms with Crippen molar-refractivity contribution in [2.24, 2.45) is 0 Å². The first-order chi connectivity index (χ1) is 18.5. The maximum Gasteiger partial charge on any atom is 0.410 e. The molecular formula is C32H39NO5S. The van der Waals surface area contributed by atoms with Gasteiger partial charge in [0, 0.05) is 16.7 Å². The standard InChI is InChI=1S/C32H39NO5S/c1-22(2)39-29-20-26(16-17-27(29)30(35)37-6)24-14-12-23(13-15-24)18-19-33(31(36)38-32(3,4)5)21-28(34)25-10-8-7-9-11-25/h7-17,20,22,28,34H,18-19,21H2,1-6H3/t28-/m0/s1. The van der Waals surface area contributed by atoms with Gasteiger partial charge in [-0.25, -0.2) is 9.59 Å². The number of hydrogen-bond donors (Lipinski definition) is 1. The van der Waals surface area contributed by atoms with E-state index in [9.17, 15) is 14.7 Å². The zero-order valence-corrected chi connectivity index (χ0v) is 24.5. The average Bonchev–Trinajstić information content (AvgIpc) is 2.90. The number of rotatable bonds is 10. The minimum absolute atomic E-state index is 0.139. The van der Waals surface area contributed by atoms with Crippen molar-refractivity contribution >= 4 is 23.8 Å². The monoisotopic (exact) mass is 549 g/mol. The molecule has 1 amide bonds. The van der Waals surface area contributed by atoms with E-state index < -0.39 is 17.8 Å². The van der Waals surface area contributed by atoms with E-state index in [0.29, 0.717) is 23.8 Å². The van der Waals surface area contributed by atoms with E-state index >= 15 is 0 Å². The zero-order valence-electron chi connectivity index (χ0n) is 23.6. The molecule has 3 rings (SSSR count). The quantitative estimate of drug-likeness (QED) is 0.214. The number of esters is 1. The van der Waals surface area contributed by atoms with E-state index in [0.717, 1.165) is 27.1 Å². The summed E-state index contributed by atoms with van der Waals surface area (Å²) in [5.74, 6) is -0.341. The number of carbonyl (C=O) groups excluding carboxylic acids is 2.